The molecule has 1 fully saturated rings. The molecule has 0 spiro atoms. The summed E-state index contributed by atoms with van der Waals surface area (Å²) in [4.78, 5) is 11.5. The molecule has 0 unspecified atom stereocenters. The summed E-state index contributed by atoms with van der Waals surface area (Å²) in [5.41, 5.74) is 0.888. The Bertz CT molecular complexity index is 679. The molecule has 1 aromatic carbocycles. The third kappa shape index (κ3) is 3.09. The number of para-hydroxylation sites is 1. The molecule has 0 aromatic heterocycles. The van der Waals surface area contributed by atoms with Crippen LogP contribution in [-0.2, 0) is 14.6 Å². The molecule has 0 saturated heterocycles. The zero-order valence-corrected chi connectivity index (χ0v) is 17.9. The van der Waals surface area contributed by atoms with E-state index in [2.05, 4.69) is 39.9 Å². The highest BCUT2D eigenvalue weighted by molar-refractivity contribution is 6.74. The highest BCUT2D eigenvalue weighted by atomic mass is 28.4. The Morgan fingerprint density at radius 2 is 2.08 bits per heavy atom. The fourth-order valence-electron chi connectivity index (χ4n) is 4.16. The lowest BCUT2D eigenvalue weighted by atomic mass is 9.66. The maximum Gasteiger partial charge on any atom is 0.192 e. The van der Waals surface area contributed by atoms with Crippen molar-refractivity contribution in [3.8, 4) is 11.5 Å². The monoisotopic (exact) mass is 376 g/mol. The van der Waals surface area contributed by atoms with Gasteiger partial charge in [-0.15, -0.1) is 0 Å². The summed E-state index contributed by atoms with van der Waals surface area (Å²) in [6.45, 7) is 11.4. The SMILES string of the molecule is COc1cccc2c1O[C@H]1C[C@@H](O[Si](C)(C)C(C)(C)C)CC[C@@]21CC=O. The Kier molecular flexibility index (Phi) is 4.99. The smallest absolute Gasteiger partial charge is 0.192 e. The molecule has 3 atom stereocenters. The summed E-state index contributed by atoms with van der Waals surface area (Å²) in [7, 11) is -0.163. The maximum absolute atomic E-state index is 11.5. The number of carbonyl (C=O) groups excluding carboxylic acids is 1. The first kappa shape index (κ1) is 19.4. The van der Waals surface area contributed by atoms with Crippen LogP contribution in [0.3, 0.4) is 0 Å². The molecule has 4 nitrogen and oxygen atoms in total. The fourth-order valence-corrected chi connectivity index (χ4v) is 5.56. The lowest BCUT2D eigenvalue weighted by molar-refractivity contribution is -0.110. The van der Waals surface area contributed by atoms with Gasteiger partial charge in [0.1, 0.15) is 12.4 Å². The van der Waals surface area contributed by atoms with Gasteiger partial charge >= 0.3 is 0 Å². The average molecular weight is 377 g/mol. The van der Waals surface area contributed by atoms with Crippen molar-refractivity contribution >= 4 is 14.6 Å². The van der Waals surface area contributed by atoms with Crippen molar-refractivity contribution in [3.05, 3.63) is 23.8 Å². The summed E-state index contributed by atoms with van der Waals surface area (Å²) in [6, 6.07) is 6.01. The van der Waals surface area contributed by atoms with E-state index >= 15 is 0 Å². The van der Waals surface area contributed by atoms with Gasteiger partial charge in [-0.05, 0) is 37.0 Å². The van der Waals surface area contributed by atoms with E-state index in [0.717, 1.165) is 42.6 Å². The van der Waals surface area contributed by atoms with Gasteiger partial charge < -0.3 is 18.7 Å². The van der Waals surface area contributed by atoms with Crippen molar-refractivity contribution < 1.29 is 18.7 Å². The van der Waals surface area contributed by atoms with Crippen LogP contribution in [0.25, 0.3) is 0 Å². The summed E-state index contributed by atoms with van der Waals surface area (Å²) >= 11 is 0. The molecule has 1 saturated carbocycles. The molecular formula is C21H32O4Si. The fraction of sp³-hybridized carbons (Fsp3) is 0.667. The van der Waals surface area contributed by atoms with Gasteiger partial charge in [-0.1, -0.05) is 32.9 Å². The van der Waals surface area contributed by atoms with Gasteiger partial charge in [0, 0.05) is 29.9 Å². The highest BCUT2D eigenvalue weighted by Gasteiger charge is 2.53. The van der Waals surface area contributed by atoms with E-state index in [4.69, 9.17) is 13.9 Å². The van der Waals surface area contributed by atoms with Crippen LogP contribution in [0, 0.1) is 0 Å². The molecule has 144 valence electrons. The van der Waals surface area contributed by atoms with Crippen molar-refractivity contribution in [1.82, 2.24) is 0 Å². The summed E-state index contributed by atoms with van der Waals surface area (Å²) in [5.74, 6) is 1.57. The van der Waals surface area contributed by atoms with Crippen LogP contribution in [0.5, 0.6) is 11.5 Å². The lowest BCUT2D eigenvalue weighted by Gasteiger charge is -2.45. The van der Waals surface area contributed by atoms with E-state index in [1.54, 1.807) is 7.11 Å². The molecule has 1 aliphatic carbocycles. The van der Waals surface area contributed by atoms with Gasteiger partial charge in [0.05, 0.1) is 7.11 Å². The third-order valence-electron chi connectivity index (χ3n) is 6.72. The molecule has 0 bridgehead atoms. The second kappa shape index (κ2) is 6.68. The van der Waals surface area contributed by atoms with Gasteiger partial charge in [0.15, 0.2) is 19.8 Å². The summed E-state index contributed by atoms with van der Waals surface area (Å²) in [5, 5.41) is 0.188. The average Bonchev–Trinajstić information content (AvgIpc) is 2.87. The topological polar surface area (TPSA) is 44.8 Å². The number of benzene rings is 1. The minimum absolute atomic E-state index is 0.0254. The van der Waals surface area contributed by atoms with Crippen LogP contribution in [0.2, 0.25) is 18.1 Å². The second-order valence-electron chi connectivity index (χ2n) is 9.24. The quantitative estimate of drug-likeness (QED) is 0.544. The standard InChI is InChI=1S/C21H32O4Si/c1-20(2,3)26(5,6)25-15-10-11-21(12-13-22)16-8-7-9-17(23-4)19(16)24-18(21)14-15/h7-9,13,15,18H,10-12,14H2,1-6H3/t15-,18-,21+/m0/s1. The molecule has 0 amide bonds. The zero-order valence-electron chi connectivity index (χ0n) is 16.9. The zero-order chi connectivity index (χ0) is 19.2. The molecule has 0 radical (unpaired) electrons. The Balaban J connectivity index is 1.87. The molecule has 3 rings (SSSR count). The van der Waals surface area contributed by atoms with E-state index in [1.165, 1.54) is 0 Å². The minimum Gasteiger partial charge on any atom is -0.493 e. The molecule has 26 heavy (non-hydrogen) atoms. The highest BCUT2D eigenvalue weighted by Crippen LogP contribution is 2.55. The molecule has 1 heterocycles. The summed E-state index contributed by atoms with van der Waals surface area (Å²) in [6.07, 6.45) is 4.42. The van der Waals surface area contributed by atoms with Gasteiger partial charge in [0.25, 0.3) is 0 Å². The number of fused-ring (bicyclic) bond motifs is 3. The van der Waals surface area contributed by atoms with Gasteiger partial charge in [-0.2, -0.15) is 0 Å². The van der Waals surface area contributed by atoms with E-state index in [9.17, 15) is 4.79 Å². The number of carbonyl (C=O) groups is 1. The van der Waals surface area contributed by atoms with Crippen molar-refractivity contribution in [2.75, 3.05) is 7.11 Å². The van der Waals surface area contributed by atoms with Crippen LogP contribution >= 0.6 is 0 Å². The summed E-state index contributed by atoms with van der Waals surface area (Å²) < 4.78 is 18.5. The van der Waals surface area contributed by atoms with E-state index in [1.807, 2.05) is 12.1 Å². The first-order valence-corrected chi connectivity index (χ1v) is 12.5. The first-order chi connectivity index (χ1) is 12.1. The number of methoxy groups -OCH3 is 1. The number of hydrogen-bond donors (Lipinski definition) is 0. The van der Waals surface area contributed by atoms with Crippen LogP contribution in [0.1, 0.15) is 52.0 Å². The number of hydrogen-bond acceptors (Lipinski definition) is 4. The van der Waals surface area contributed by atoms with Crippen molar-refractivity contribution in [1.29, 1.82) is 0 Å². The predicted octanol–water partition coefficient (Wildman–Crippen LogP) is 4.86. The van der Waals surface area contributed by atoms with Crippen molar-refractivity contribution in [2.24, 2.45) is 0 Å². The first-order valence-electron chi connectivity index (χ1n) is 9.60. The van der Waals surface area contributed by atoms with Crippen molar-refractivity contribution in [3.63, 3.8) is 0 Å². The van der Waals surface area contributed by atoms with E-state index in [0.29, 0.717) is 6.42 Å². The third-order valence-corrected chi connectivity index (χ3v) is 11.3. The molecular weight excluding hydrogens is 344 g/mol. The Morgan fingerprint density at radius 1 is 1.35 bits per heavy atom. The Labute approximate surface area is 158 Å². The van der Waals surface area contributed by atoms with Crippen LogP contribution in [0.4, 0.5) is 0 Å². The molecule has 1 aliphatic heterocycles. The number of ether oxygens (including phenoxy) is 2. The largest absolute Gasteiger partial charge is 0.493 e. The second-order valence-corrected chi connectivity index (χ2v) is 14.0. The Morgan fingerprint density at radius 3 is 2.69 bits per heavy atom. The van der Waals surface area contributed by atoms with Crippen LogP contribution in [-0.4, -0.2) is 33.9 Å². The molecule has 2 aliphatic rings. The lowest BCUT2D eigenvalue weighted by Crippen LogP contribution is -2.50. The number of aldehydes is 1. The minimum atomic E-state index is -1.83. The van der Waals surface area contributed by atoms with Crippen molar-refractivity contribution in [2.45, 2.75) is 82.2 Å². The molecule has 0 N–H and O–H groups in total. The van der Waals surface area contributed by atoms with E-state index in [-0.39, 0.29) is 22.7 Å². The van der Waals surface area contributed by atoms with Crippen LogP contribution < -0.4 is 9.47 Å². The van der Waals surface area contributed by atoms with Gasteiger partial charge in [0.2, 0.25) is 0 Å². The normalized spacial score (nSPS) is 28.1. The number of rotatable bonds is 5. The van der Waals surface area contributed by atoms with Gasteiger partial charge in [-0.3, -0.25) is 0 Å². The predicted molar refractivity (Wildman–Crippen MR) is 106 cm³/mol. The van der Waals surface area contributed by atoms with Crippen LogP contribution in [0.15, 0.2) is 18.2 Å². The van der Waals surface area contributed by atoms with E-state index < -0.39 is 8.32 Å². The maximum atomic E-state index is 11.5. The Hall–Kier alpha value is -1.33. The molecule has 1 aromatic rings. The molecule has 5 heteroatoms. The van der Waals surface area contributed by atoms with Gasteiger partial charge in [-0.25, -0.2) is 0 Å².